The summed E-state index contributed by atoms with van der Waals surface area (Å²) in [5.41, 5.74) is 3.03. The van der Waals surface area contributed by atoms with E-state index in [1.807, 2.05) is 47.4 Å². The molecule has 0 aliphatic carbocycles. The molecule has 1 atom stereocenters. The van der Waals surface area contributed by atoms with Gasteiger partial charge in [0.05, 0.1) is 16.6 Å². The lowest BCUT2D eigenvalue weighted by atomic mass is 10.0. The van der Waals surface area contributed by atoms with Gasteiger partial charge in [0, 0.05) is 31.1 Å². The number of anilines is 1. The van der Waals surface area contributed by atoms with E-state index in [1.165, 1.54) is 25.0 Å². The maximum atomic E-state index is 14.2. The predicted octanol–water partition coefficient (Wildman–Crippen LogP) is 8.23. The van der Waals surface area contributed by atoms with Crippen molar-refractivity contribution in [2.24, 2.45) is 0 Å². The van der Waals surface area contributed by atoms with Crippen molar-refractivity contribution in [2.45, 2.75) is 56.8 Å². The number of hydrogen-bond acceptors (Lipinski definition) is 8. The highest BCUT2D eigenvalue weighted by Crippen LogP contribution is 2.37. The van der Waals surface area contributed by atoms with E-state index < -0.39 is 36.0 Å². The molecule has 0 bridgehead atoms. The van der Waals surface area contributed by atoms with E-state index in [0.717, 1.165) is 61.1 Å². The molecule has 11 nitrogen and oxygen atoms in total. The van der Waals surface area contributed by atoms with Crippen molar-refractivity contribution in [1.29, 1.82) is 0 Å². The Labute approximate surface area is 324 Å². The summed E-state index contributed by atoms with van der Waals surface area (Å²) >= 11 is 0. The van der Waals surface area contributed by atoms with Crippen LogP contribution in [0.5, 0.6) is 11.5 Å². The minimum Gasteiger partial charge on any atom is -0.475 e. The number of carbonyl (C=O) groups excluding carboxylic acids is 1. The lowest BCUT2D eigenvalue weighted by Crippen LogP contribution is -2.42. The molecule has 312 valence electrons. The summed E-state index contributed by atoms with van der Waals surface area (Å²) in [7, 11) is 0. The monoisotopic (exact) mass is 830 g/mol. The summed E-state index contributed by atoms with van der Waals surface area (Å²) in [6, 6.07) is 18.8. The Kier molecular flexibility index (Phi) is 13.3. The molecule has 3 aromatic carbocycles. The van der Waals surface area contributed by atoms with E-state index in [2.05, 4.69) is 10.2 Å². The fraction of sp³-hybridized carbons (Fsp3) is 0.368. The summed E-state index contributed by atoms with van der Waals surface area (Å²) in [6.07, 6.45) is -10.3. The van der Waals surface area contributed by atoms with Crippen LogP contribution in [0.25, 0.3) is 22.0 Å². The first-order valence-corrected chi connectivity index (χ1v) is 17.6. The highest BCUT2D eigenvalue weighted by atomic mass is 19.4. The first-order chi connectivity index (χ1) is 27.2. The number of alkyl halides is 9. The smallest absolute Gasteiger partial charge is 0.475 e. The van der Waals surface area contributed by atoms with Crippen LogP contribution in [0, 0.1) is 0 Å². The van der Waals surface area contributed by atoms with Crippen molar-refractivity contribution in [2.75, 3.05) is 38.3 Å². The minimum atomic E-state index is -5.08. The molecule has 4 aromatic rings. The number of carboxylic acids is 2. The SMILES string of the molecule is O=C(O)C(F)(F)F.O=C(O)C(F)(F)F.O=C(c1cc2cc(-c3ccc4c(c3)OCO4)ccc2nc1NCc1ccc(C(F)(F)F)cc1)N1CCCC1CN1CCCC1. The fourth-order valence-corrected chi connectivity index (χ4v) is 6.44. The van der Waals surface area contributed by atoms with Crippen LogP contribution in [-0.4, -0.2) is 94.2 Å². The molecule has 3 aliphatic rings. The van der Waals surface area contributed by atoms with Gasteiger partial charge in [0.1, 0.15) is 5.82 Å². The van der Waals surface area contributed by atoms with Gasteiger partial charge in [-0.3, -0.25) is 4.79 Å². The standard InChI is InChI=1S/C34H33F3N4O3.2C2HF3O2/c35-34(36,37)26-9-5-22(6-10-26)19-38-32-28(33(42)41-15-3-4-27(41)20-40-13-1-2-14-40)17-25-16-23(7-11-29(25)39-32)24-8-12-30-31(18-24)44-21-43-30;2*3-2(4,5)1(6)7/h5-12,16-18,27H,1-4,13-15,19-21H2,(H,38,39);2*(H,6,7). The van der Waals surface area contributed by atoms with Crippen LogP contribution < -0.4 is 14.8 Å². The van der Waals surface area contributed by atoms with Gasteiger partial charge in [-0.2, -0.15) is 39.5 Å². The van der Waals surface area contributed by atoms with Crippen LogP contribution >= 0.6 is 0 Å². The summed E-state index contributed by atoms with van der Waals surface area (Å²) in [4.78, 5) is 41.3. The van der Waals surface area contributed by atoms with E-state index in [9.17, 15) is 44.3 Å². The lowest BCUT2D eigenvalue weighted by Gasteiger charge is -2.29. The Morgan fingerprint density at radius 2 is 1.33 bits per heavy atom. The third-order valence-corrected chi connectivity index (χ3v) is 9.28. The van der Waals surface area contributed by atoms with Crippen molar-refractivity contribution in [1.82, 2.24) is 14.8 Å². The minimum absolute atomic E-state index is 0.0792. The molecule has 4 heterocycles. The second-order valence-corrected chi connectivity index (χ2v) is 13.3. The van der Waals surface area contributed by atoms with Gasteiger partial charge in [-0.15, -0.1) is 0 Å². The number of nitrogens with zero attached hydrogens (tertiary/aromatic N) is 3. The largest absolute Gasteiger partial charge is 0.490 e. The predicted molar refractivity (Wildman–Crippen MR) is 189 cm³/mol. The Hall–Kier alpha value is -5.79. The molecule has 0 saturated carbocycles. The number of likely N-dealkylation sites (tertiary alicyclic amines) is 2. The van der Waals surface area contributed by atoms with Gasteiger partial charge < -0.3 is 34.8 Å². The molecule has 1 unspecified atom stereocenters. The number of carbonyl (C=O) groups is 3. The number of amides is 1. The maximum absolute atomic E-state index is 14.2. The molecular formula is C38H35F9N4O7. The van der Waals surface area contributed by atoms with Gasteiger partial charge in [-0.25, -0.2) is 14.6 Å². The van der Waals surface area contributed by atoms with Crippen molar-refractivity contribution in [3.05, 3.63) is 83.4 Å². The van der Waals surface area contributed by atoms with Crippen molar-refractivity contribution in [3.8, 4) is 22.6 Å². The second kappa shape index (κ2) is 17.8. The second-order valence-electron chi connectivity index (χ2n) is 13.3. The number of halogens is 9. The van der Waals surface area contributed by atoms with Crippen LogP contribution in [0.1, 0.15) is 47.2 Å². The zero-order chi connectivity index (χ0) is 42.4. The van der Waals surface area contributed by atoms with E-state index in [-0.39, 0.29) is 25.3 Å². The zero-order valence-corrected chi connectivity index (χ0v) is 30.2. The molecule has 20 heteroatoms. The average Bonchev–Trinajstić information content (AvgIpc) is 3.96. The van der Waals surface area contributed by atoms with Crippen LogP contribution in [0.2, 0.25) is 0 Å². The normalized spacial score (nSPS) is 16.6. The molecule has 2 fully saturated rings. The summed E-state index contributed by atoms with van der Waals surface area (Å²) in [6.45, 7) is 4.12. The molecule has 1 amide bonds. The molecular weight excluding hydrogens is 795 g/mol. The Bertz CT molecular complexity index is 2080. The number of rotatable bonds is 7. The Morgan fingerprint density at radius 1 is 0.741 bits per heavy atom. The number of aromatic nitrogens is 1. The fourth-order valence-electron chi connectivity index (χ4n) is 6.44. The van der Waals surface area contributed by atoms with Gasteiger partial charge >= 0.3 is 30.5 Å². The number of ether oxygens (including phenoxy) is 2. The van der Waals surface area contributed by atoms with E-state index in [1.54, 1.807) is 0 Å². The molecule has 3 aliphatic heterocycles. The number of fused-ring (bicyclic) bond motifs is 2. The third-order valence-electron chi connectivity index (χ3n) is 9.28. The highest BCUT2D eigenvalue weighted by molar-refractivity contribution is 6.03. The number of nitrogens with one attached hydrogen (secondary N) is 1. The molecule has 7 rings (SSSR count). The molecule has 0 spiro atoms. The number of aliphatic carboxylic acids is 2. The van der Waals surface area contributed by atoms with Gasteiger partial charge in [0.25, 0.3) is 5.91 Å². The maximum Gasteiger partial charge on any atom is 0.490 e. The summed E-state index contributed by atoms with van der Waals surface area (Å²) in [5, 5.41) is 18.3. The number of benzene rings is 3. The topological polar surface area (TPSA) is 142 Å². The van der Waals surface area contributed by atoms with Gasteiger partial charge in [0.15, 0.2) is 11.5 Å². The Morgan fingerprint density at radius 3 is 1.93 bits per heavy atom. The molecule has 3 N–H and O–H groups in total. The van der Waals surface area contributed by atoms with Crippen molar-refractivity contribution in [3.63, 3.8) is 0 Å². The molecule has 0 radical (unpaired) electrons. The Balaban J connectivity index is 0.000000393. The number of hydrogen-bond donors (Lipinski definition) is 3. The lowest BCUT2D eigenvalue weighted by molar-refractivity contribution is -0.193. The third kappa shape index (κ3) is 11.2. The van der Waals surface area contributed by atoms with Gasteiger partial charge in [0.2, 0.25) is 6.79 Å². The van der Waals surface area contributed by atoms with Gasteiger partial charge in [-0.1, -0.05) is 24.3 Å². The first kappa shape index (κ1) is 43.3. The summed E-state index contributed by atoms with van der Waals surface area (Å²) in [5.74, 6) is -3.77. The number of pyridine rings is 1. The highest BCUT2D eigenvalue weighted by Gasteiger charge is 2.39. The summed E-state index contributed by atoms with van der Waals surface area (Å²) < 4.78 is 114. The van der Waals surface area contributed by atoms with Crippen LogP contribution in [0.4, 0.5) is 45.3 Å². The van der Waals surface area contributed by atoms with E-state index >= 15 is 0 Å². The van der Waals surface area contributed by atoms with Crippen LogP contribution in [-0.2, 0) is 22.3 Å². The molecule has 1 aromatic heterocycles. The average molecular weight is 831 g/mol. The quantitative estimate of drug-likeness (QED) is 0.156. The van der Waals surface area contributed by atoms with Crippen molar-refractivity contribution < 1.29 is 73.6 Å². The molecule has 58 heavy (non-hydrogen) atoms. The molecule has 2 saturated heterocycles. The first-order valence-electron chi connectivity index (χ1n) is 17.6. The van der Waals surface area contributed by atoms with Gasteiger partial charge in [-0.05, 0) is 97.9 Å². The van der Waals surface area contributed by atoms with Crippen molar-refractivity contribution >= 4 is 34.6 Å². The van der Waals surface area contributed by atoms with E-state index in [0.29, 0.717) is 40.5 Å². The van der Waals surface area contributed by atoms with Crippen LogP contribution in [0.15, 0.2) is 66.7 Å². The number of carboxylic acid groups (broad SMARTS) is 2. The zero-order valence-electron chi connectivity index (χ0n) is 30.2. The van der Waals surface area contributed by atoms with E-state index in [4.69, 9.17) is 34.3 Å². The van der Waals surface area contributed by atoms with Crippen LogP contribution in [0.3, 0.4) is 0 Å².